The number of carbonyl (C=O) groups is 2. The Balaban J connectivity index is 3.61. The molecule has 0 radical (unpaired) electrons. The lowest BCUT2D eigenvalue weighted by Crippen LogP contribution is -2.25. The second kappa shape index (κ2) is 38.4. The van der Waals surface area contributed by atoms with Gasteiger partial charge in [-0.1, -0.05) is 177 Å². The van der Waals surface area contributed by atoms with Crippen LogP contribution in [0.15, 0.2) is 60.8 Å². The molecular formula is C43H74O6. The number of aliphatic hydroxyl groups is 2. The summed E-state index contributed by atoms with van der Waals surface area (Å²) in [5, 5.41) is 20.1. The molecular weight excluding hydrogens is 612 g/mol. The highest BCUT2D eigenvalue weighted by Crippen LogP contribution is 2.14. The molecule has 282 valence electrons. The topological polar surface area (TPSA) is 93.1 Å². The third kappa shape index (κ3) is 38.2. The van der Waals surface area contributed by atoms with Gasteiger partial charge in [-0.25, -0.2) is 0 Å². The van der Waals surface area contributed by atoms with Crippen molar-refractivity contribution in [1.82, 2.24) is 0 Å². The van der Waals surface area contributed by atoms with Crippen molar-refractivity contribution in [3.63, 3.8) is 0 Å². The average Bonchev–Trinajstić information content (AvgIpc) is 3.09. The predicted octanol–water partition coefficient (Wildman–Crippen LogP) is 11.4. The summed E-state index contributed by atoms with van der Waals surface area (Å²) >= 11 is 0. The Bertz CT molecular complexity index is 887. The van der Waals surface area contributed by atoms with Gasteiger partial charge in [0.2, 0.25) is 0 Å². The van der Waals surface area contributed by atoms with Crippen LogP contribution >= 0.6 is 0 Å². The first-order valence-corrected chi connectivity index (χ1v) is 19.9. The van der Waals surface area contributed by atoms with E-state index in [1.54, 1.807) is 6.08 Å². The minimum Gasteiger partial charge on any atom is -0.463 e. The molecule has 0 saturated heterocycles. The monoisotopic (exact) mass is 687 g/mol. The summed E-state index contributed by atoms with van der Waals surface area (Å²) in [5.74, 6) is -0.761. The van der Waals surface area contributed by atoms with Crippen LogP contribution in [0.3, 0.4) is 0 Å². The molecule has 0 bridgehead atoms. The summed E-state index contributed by atoms with van der Waals surface area (Å²) in [6, 6.07) is 0. The predicted molar refractivity (Wildman–Crippen MR) is 206 cm³/mol. The molecule has 6 nitrogen and oxygen atoms in total. The molecule has 0 spiro atoms. The molecule has 2 atom stereocenters. The first-order valence-electron chi connectivity index (χ1n) is 19.9. The van der Waals surface area contributed by atoms with Crippen LogP contribution in [0.5, 0.6) is 0 Å². The number of allylic oxidation sites excluding steroid dienone is 9. The molecule has 0 amide bonds. The van der Waals surface area contributed by atoms with Crippen LogP contribution in [0, 0.1) is 0 Å². The Hall–Kier alpha value is -2.44. The van der Waals surface area contributed by atoms with Crippen LogP contribution in [0.25, 0.3) is 0 Å². The number of carbonyl (C=O) groups excluding carboxylic acids is 2. The van der Waals surface area contributed by atoms with Crippen LogP contribution < -0.4 is 0 Å². The molecule has 0 aromatic heterocycles. The first kappa shape index (κ1) is 46.6. The van der Waals surface area contributed by atoms with Crippen molar-refractivity contribution in [2.45, 2.75) is 187 Å². The van der Waals surface area contributed by atoms with Crippen molar-refractivity contribution in [3.05, 3.63) is 60.8 Å². The lowest BCUT2D eigenvalue weighted by molar-refractivity contribution is -0.152. The van der Waals surface area contributed by atoms with E-state index in [-0.39, 0.29) is 25.6 Å². The molecule has 6 heteroatoms. The molecule has 0 aliphatic heterocycles. The molecule has 0 saturated carbocycles. The molecule has 1 unspecified atom stereocenters. The Kier molecular flexibility index (Phi) is 36.5. The molecule has 49 heavy (non-hydrogen) atoms. The van der Waals surface area contributed by atoms with Gasteiger partial charge in [-0.05, 0) is 44.9 Å². The van der Waals surface area contributed by atoms with Gasteiger partial charge in [0.15, 0.2) is 0 Å². The van der Waals surface area contributed by atoms with Gasteiger partial charge in [0.05, 0.1) is 6.10 Å². The molecule has 0 aliphatic carbocycles. The third-order valence-corrected chi connectivity index (χ3v) is 8.37. The van der Waals surface area contributed by atoms with E-state index in [0.717, 1.165) is 44.9 Å². The largest absolute Gasteiger partial charge is 0.463 e. The lowest BCUT2D eigenvalue weighted by Gasteiger charge is -2.12. The summed E-state index contributed by atoms with van der Waals surface area (Å²) in [6.45, 7) is 4.02. The highest BCUT2D eigenvalue weighted by Gasteiger charge is 2.12. The van der Waals surface area contributed by atoms with Crippen LogP contribution in [-0.2, 0) is 19.1 Å². The van der Waals surface area contributed by atoms with E-state index in [2.05, 4.69) is 50.3 Å². The van der Waals surface area contributed by atoms with Gasteiger partial charge in [0, 0.05) is 12.8 Å². The van der Waals surface area contributed by atoms with E-state index < -0.39 is 18.2 Å². The third-order valence-electron chi connectivity index (χ3n) is 8.37. The van der Waals surface area contributed by atoms with Gasteiger partial charge in [-0.15, -0.1) is 0 Å². The Morgan fingerprint density at radius 2 is 0.918 bits per heavy atom. The van der Waals surface area contributed by atoms with E-state index in [4.69, 9.17) is 9.47 Å². The van der Waals surface area contributed by atoms with Gasteiger partial charge in [-0.3, -0.25) is 9.59 Å². The second-order valence-electron chi connectivity index (χ2n) is 13.2. The molecule has 0 rings (SSSR count). The van der Waals surface area contributed by atoms with Crippen LogP contribution in [0.4, 0.5) is 0 Å². The summed E-state index contributed by atoms with van der Waals surface area (Å²) in [7, 11) is 0. The highest BCUT2D eigenvalue weighted by atomic mass is 16.6. The maximum absolute atomic E-state index is 12.0. The standard InChI is InChI=1S/C43H74O6/c1-3-5-7-9-11-13-15-17-18-19-20-22-24-26-28-30-32-36-42(46)48-38-41(45)39-49-43(47)37-33-35-40(44)34-31-29-27-25-23-21-16-14-12-10-8-6-4-2/h6,8,12,14,21,23,27,29,31,34,40-41,44-45H,3-5,7,9-11,13,15-20,22,24-26,28,30,32-33,35-39H2,1-2H3/b8-6-,14-12-,23-21-,29-27-,34-31+/t40?,41-/m0/s1. The van der Waals surface area contributed by atoms with Crippen molar-refractivity contribution in [3.8, 4) is 0 Å². The highest BCUT2D eigenvalue weighted by molar-refractivity contribution is 5.69. The molecule has 2 N–H and O–H groups in total. The molecule has 0 fully saturated rings. The van der Waals surface area contributed by atoms with Crippen LogP contribution in [0.1, 0.15) is 174 Å². The number of aliphatic hydroxyl groups excluding tert-OH is 2. The van der Waals surface area contributed by atoms with Crippen molar-refractivity contribution in [1.29, 1.82) is 0 Å². The van der Waals surface area contributed by atoms with Crippen molar-refractivity contribution in [2.24, 2.45) is 0 Å². The number of unbranched alkanes of at least 4 members (excludes halogenated alkanes) is 16. The van der Waals surface area contributed by atoms with Gasteiger partial charge < -0.3 is 19.7 Å². The summed E-state index contributed by atoms with van der Waals surface area (Å²) in [5.41, 5.74) is 0. The zero-order valence-corrected chi connectivity index (χ0v) is 31.5. The first-order chi connectivity index (χ1) is 24.0. The summed E-state index contributed by atoms with van der Waals surface area (Å²) in [4.78, 5) is 24.0. The smallest absolute Gasteiger partial charge is 0.305 e. The van der Waals surface area contributed by atoms with Gasteiger partial charge >= 0.3 is 11.9 Å². The van der Waals surface area contributed by atoms with Crippen molar-refractivity contribution in [2.75, 3.05) is 13.2 Å². The maximum Gasteiger partial charge on any atom is 0.305 e. The average molecular weight is 687 g/mol. The SMILES string of the molecule is CC/C=C\C/C=C\C/C=C\C/C=C\C=C\C(O)CCCC(=O)OC[C@@H](O)COC(=O)CCCCCCCCCCCCCCCCCCC. The molecule has 0 aliphatic rings. The molecule has 0 aromatic rings. The second-order valence-corrected chi connectivity index (χ2v) is 13.2. The maximum atomic E-state index is 12.0. The Labute approximate surface area is 301 Å². The van der Waals surface area contributed by atoms with Gasteiger partial charge in [-0.2, -0.15) is 0 Å². The van der Waals surface area contributed by atoms with Gasteiger partial charge in [0.1, 0.15) is 19.3 Å². The molecule has 0 aromatic carbocycles. The zero-order valence-electron chi connectivity index (χ0n) is 31.5. The molecule has 0 heterocycles. The van der Waals surface area contributed by atoms with Crippen molar-refractivity contribution < 1.29 is 29.3 Å². The van der Waals surface area contributed by atoms with Crippen molar-refractivity contribution >= 4 is 11.9 Å². The number of rotatable bonds is 35. The fraction of sp³-hybridized carbons (Fsp3) is 0.721. The number of hydrogen-bond donors (Lipinski definition) is 2. The summed E-state index contributed by atoms with van der Waals surface area (Å²) in [6.07, 6.45) is 46.0. The van der Waals surface area contributed by atoms with E-state index in [1.165, 1.54) is 89.9 Å². The van der Waals surface area contributed by atoms with Gasteiger partial charge in [0.25, 0.3) is 0 Å². The van der Waals surface area contributed by atoms with Crippen LogP contribution in [-0.4, -0.2) is 47.6 Å². The zero-order chi connectivity index (χ0) is 35.9. The quantitative estimate of drug-likeness (QED) is 0.0298. The normalized spacial score (nSPS) is 13.5. The minimum atomic E-state index is -1.04. The Morgan fingerprint density at radius 3 is 1.39 bits per heavy atom. The minimum absolute atomic E-state index is 0.153. The van der Waals surface area contributed by atoms with E-state index in [0.29, 0.717) is 19.3 Å². The lowest BCUT2D eigenvalue weighted by atomic mass is 10.0. The fourth-order valence-electron chi connectivity index (χ4n) is 5.35. The van der Waals surface area contributed by atoms with Crippen LogP contribution in [0.2, 0.25) is 0 Å². The number of esters is 2. The summed E-state index contributed by atoms with van der Waals surface area (Å²) < 4.78 is 10.2. The fourth-order valence-corrected chi connectivity index (χ4v) is 5.35. The van der Waals surface area contributed by atoms with E-state index >= 15 is 0 Å². The Morgan fingerprint density at radius 1 is 0.510 bits per heavy atom. The number of hydrogen-bond acceptors (Lipinski definition) is 6. The number of ether oxygens (including phenoxy) is 2. The van der Waals surface area contributed by atoms with E-state index in [9.17, 15) is 19.8 Å². The van der Waals surface area contributed by atoms with E-state index in [1.807, 2.05) is 18.2 Å².